The summed E-state index contributed by atoms with van der Waals surface area (Å²) in [5.74, 6) is 0.559. The van der Waals surface area contributed by atoms with E-state index in [1.807, 2.05) is 42.5 Å². The van der Waals surface area contributed by atoms with Gasteiger partial charge in [0.05, 0.1) is 16.8 Å². The zero-order valence-corrected chi connectivity index (χ0v) is 17.6. The van der Waals surface area contributed by atoms with Crippen LogP contribution < -0.4 is 11.1 Å². The second-order valence-electron chi connectivity index (χ2n) is 7.21. The number of hydrogen-bond acceptors (Lipinski definition) is 5. The largest absolute Gasteiger partial charge is 0.383 e. The molecular weight excluding hydrogens is 427 g/mol. The number of nitrogens with two attached hydrogens (primary N) is 1. The van der Waals surface area contributed by atoms with Gasteiger partial charge in [0.2, 0.25) is 5.95 Å². The van der Waals surface area contributed by atoms with Gasteiger partial charge in [-0.05, 0) is 42.0 Å². The van der Waals surface area contributed by atoms with Gasteiger partial charge in [-0.15, -0.1) is 5.10 Å². The molecule has 5 rings (SSSR count). The Morgan fingerprint density at radius 2 is 1.62 bits per heavy atom. The summed E-state index contributed by atoms with van der Waals surface area (Å²) < 4.78 is 14.9. The van der Waals surface area contributed by atoms with E-state index in [9.17, 15) is 4.39 Å². The Morgan fingerprint density at radius 3 is 2.34 bits per heavy atom. The first kappa shape index (κ1) is 20.0. The van der Waals surface area contributed by atoms with Crippen LogP contribution in [0.25, 0.3) is 28.0 Å². The summed E-state index contributed by atoms with van der Waals surface area (Å²) >= 11 is 6.08. The van der Waals surface area contributed by atoms with Crippen molar-refractivity contribution >= 4 is 34.4 Å². The molecule has 32 heavy (non-hydrogen) atoms. The van der Waals surface area contributed by atoms with Crippen molar-refractivity contribution in [2.45, 2.75) is 6.54 Å². The number of nitrogens with one attached hydrogen (secondary N) is 1. The van der Waals surface area contributed by atoms with Crippen LogP contribution in [0.4, 0.5) is 16.2 Å². The van der Waals surface area contributed by atoms with E-state index in [0.29, 0.717) is 40.1 Å². The monoisotopic (exact) mass is 444 g/mol. The first-order valence-corrected chi connectivity index (χ1v) is 10.3. The van der Waals surface area contributed by atoms with Crippen molar-refractivity contribution in [1.29, 1.82) is 0 Å². The van der Waals surface area contributed by atoms with Crippen LogP contribution in [0.1, 0.15) is 5.56 Å². The molecule has 0 amide bonds. The van der Waals surface area contributed by atoms with Crippen LogP contribution in [0.15, 0.2) is 78.9 Å². The van der Waals surface area contributed by atoms with Gasteiger partial charge in [-0.25, -0.2) is 14.1 Å². The van der Waals surface area contributed by atoms with E-state index in [-0.39, 0.29) is 5.82 Å². The predicted molar refractivity (Wildman–Crippen MR) is 125 cm³/mol. The number of benzene rings is 3. The zero-order valence-electron chi connectivity index (χ0n) is 16.8. The maximum absolute atomic E-state index is 13.2. The second-order valence-corrected chi connectivity index (χ2v) is 7.65. The topological polar surface area (TPSA) is 81.7 Å². The summed E-state index contributed by atoms with van der Waals surface area (Å²) in [6.45, 7) is 0.431. The van der Waals surface area contributed by atoms with E-state index in [1.54, 1.807) is 28.9 Å². The highest BCUT2D eigenvalue weighted by Crippen LogP contribution is 2.33. The van der Waals surface area contributed by atoms with Crippen LogP contribution in [0, 0.1) is 5.82 Å². The third-order valence-electron chi connectivity index (χ3n) is 5.05. The molecule has 3 N–H and O–H groups in total. The van der Waals surface area contributed by atoms with Gasteiger partial charge in [0.1, 0.15) is 11.6 Å². The van der Waals surface area contributed by atoms with Crippen LogP contribution in [0.5, 0.6) is 0 Å². The number of nitrogen functional groups attached to an aromatic ring is 1. The summed E-state index contributed by atoms with van der Waals surface area (Å²) in [6.07, 6.45) is 0. The Hall–Kier alpha value is -3.97. The Morgan fingerprint density at radius 1 is 0.906 bits per heavy atom. The number of hydrogen-bond donors (Lipinski definition) is 2. The molecule has 8 heteroatoms. The Kier molecular flexibility index (Phi) is 5.17. The number of nitrogens with zero attached hydrogens (tertiary/aromatic N) is 4. The van der Waals surface area contributed by atoms with E-state index < -0.39 is 0 Å². The number of halogens is 2. The molecule has 0 radical (unpaired) electrons. The highest BCUT2D eigenvalue weighted by Gasteiger charge is 2.19. The van der Waals surface area contributed by atoms with E-state index in [4.69, 9.17) is 22.3 Å². The number of rotatable bonds is 5. The van der Waals surface area contributed by atoms with Crippen molar-refractivity contribution in [3.8, 4) is 16.9 Å². The van der Waals surface area contributed by atoms with E-state index in [2.05, 4.69) is 15.4 Å². The lowest BCUT2D eigenvalue weighted by atomic mass is 10.1. The standard InChI is InChI=1S/C24H18ClFN6/c25-17-10-8-16(9-11-17)21-20-22(27)32(19-4-2-1-3-5-19)31-23(20)30-24(29-21)28-14-15-6-12-18(26)13-7-15/h1-13H,14,27H2,(H,28,30,31). The molecule has 0 saturated carbocycles. The fraction of sp³-hybridized carbons (Fsp3) is 0.0417. The molecule has 6 nitrogen and oxygen atoms in total. The average molecular weight is 445 g/mol. The smallest absolute Gasteiger partial charge is 0.225 e. The lowest BCUT2D eigenvalue weighted by Gasteiger charge is -2.09. The summed E-state index contributed by atoms with van der Waals surface area (Å²) in [5.41, 5.74) is 10.2. The van der Waals surface area contributed by atoms with Gasteiger partial charge >= 0.3 is 0 Å². The molecule has 0 bridgehead atoms. The van der Waals surface area contributed by atoms with Crippen LogP contribution in [0.3, 0.4) is 0 Å². The molecule has 0 aliphatic rings. The number of para-hydroxylation sites is 1. The van der Waals surface area contributed by atoms with E-state index in [1.165, 1.54) is 12.1 Å². The molecule has 0 aliphatic heterocycles. The molecular formula is C24H18ClFN6. The minimum Gasteiger partial charge on any atom is -0.383 e. The summed E-state index contributed by atoms with van der Waals surface area (Å²) in [6, 6.07) is 23.2. The van der Waals surface area contributed by atoms with E-state index >= 15 is 0 Å². The lowest BCUT2D eigenvalue weighted by molar-refractivity contribution is 0.627. The minimum absolute atomic E-state index is 0.279. The van der Waals surface area contributed by atoms with Gasteiger partial charge in [0.25, 0.3) is 0 Å². The molecule has 0 atom stereocenters. The van der Waals surface area contributed by atoms with Crippen LogP contribution in [0.2, 0.25) is 5.02 Å². The van der Waals surface area contributed by atoms with E-state index in [0.717, 1.165) is 16.8 Å². The summed E-state index contributed by atoms with van der Waals surface area (Å²) in [5, 5.41) is 9.12. The molecule has 0 fully saturated rings. The molecule has 5 aromatic rings. The third kappa shape index (κ3) is 3.86. The van der Waals surface area contributed by atoms with Crippen molar-refractivity contribution in [2.24, 2.45) is 0 Å². The fourth-order valence-electron chi connectivity index (χ4n) is 3.46. The molecule has 158 valence electrons. The molecule has 0 aliphatic carbocycles. The maximum atomic E-state index is 13.2. The Balaban J connectivity index is 1.62. The van der Waals surface area contributed by atoms with Gasteiger partial charge in [-0.1, -0.05) is 54.1 Å². The third-order valence-corrected chi connectivity index (χ3v) is 5.30. The van der Waals surface area contributed by atoms with Crippen molar-refractivity contribution in [2.75, 3.05) is 11.1 Å². The van der Waals surface area contributed by atoms with Gasteiger partial charge in [-0.2, -0.15) is 4.98 Å². The predicted octanol–water partition coefficient (Wildman–Crippen LogP) is 5.47. The number of fused-ring (bicyclic) bond motifs is 1. The summed E-state index contributed by atoms with van der Waals surface area (Å²) in [7, 11) is 0. The van der Waals surface area contributed by atoms with Crippen molar-refractivity contribution in [3.63, 3.8) is 0 Å². The Bertz CT molecular complexity index is 1380. The maximum Gasteiger partial charge on any atom is 0.225 e. The van der Waals surface area contributed by atoms with Gasteiger partial charge < -0.3 is 11.1 Å². The number of anilines is 2. The molecule has 0 unspecified atom stereocenters. The highest BCUT2D eigenvalue weighted by atomic mass is 35.5. The molecule has 0 saturated heterocycles. The van der Waals surface area contributed by atoms with Crippen LogP contribution in [-0.4, -0.2) is 19.7 Å². The van der Waals surface area contributed by atoms with Gasteiger partial charge in [0, 0.05) is 17.1 Å². The molecule has 3 aromatic carbocycles. The lowest BCUT2D eigenvalue weighted by Crippen LogP contribution is -2.05. The quantitative estimate of drug-likeness (QED) is 0.375. The SMILES string of the molecule is Nc1c2c(-c3ccc(Cl)cc3)nc(NCc3ccc(F)cc3)nc2nn1-c1ccccc1. The molecule has 0 spiro atoms. The normalized spacial score (nSPS) is 11.1. The van der Waals surface area contributed by atoms with Crippen molar-refractivity contribution in [1.82, 2.24) is 19.7 Å². The first-order valence-electron chi connectivity index (χ1n) is 9.94. The summed E-state index contributed by atoms with van der Waals surface area (Å²) in [4.78, 5) is 9.31. The highest BCUT2D eigenvalue weighted by molar-refractivity contribution is 6.30. The van der Waals surface area contributed by atoms with Crippen molar-refractivity contribution < 1.29 is 4.39 Å². The minimum atomic E-state index is -0.279. The average Bonchev–Trinajstić information content (AvgIpc) is 3.16. The van der Waals surface area contributed by atoms with Gasteiger partial charge in [0.15, 0.2) is 5.65 Å². The number of aromatic nitrogens is 4. The van der Waals surface area contributed by atoms with Crippen molar-refractivity contribution in [3.05, 3.63) is 95.3 Å². The van der Waals surface area contributed by atoms with Crippen LogP contribution in [-0.2, 0) is 6.54 Å². The molecule has 2 aromatic heterocycles. The molecule has 2 heterocycles. The zero-order chi connectivity index (χ0) is 22.1. The fourth-order valence-corrected chi connectivity index (χ4v) is 3.58. The Labute approximate surface area is 188 Å². The second kappa shape index (κ2) is 8.28. The van der Waals surface area contributed by atoms with Crippen LogP contribution >= 0.6 is 11.6 Å². The first-order chi connectivity index (χ1) is 15.6. The van der Waals surface area contributed by atoms with Gasteiger partial charge in [-0.3, -0.25) is 0 Å².